The lowest BCUT2D eigenvalue weighted by atomic mass is 10.1. The Bertz CT molecular complexity index is 435. The molecule has 0 aromatic carbocycles. The van der Waals surface area contributed by atoms with Crippen molar-refractivity contribution in [3.05, 3.63) is 27.7 Å². The van der Waals surface area contributed by atoms with E-state index in [9.17, 15) is 4.79 Å². The minimum absolute atomic E-state index is 0.0362. The summed E-state index contributed by atoms with van der Waals surface area (Å²) in [5, 5.41) is 7.67. The van der Waals surface area contributed by atoms with E-state index in [0.717, 1.165) is 17.8 Å². The van der Waals surface area contributed by atoms with E-state index < -0.39 is 0 Å². The summed E-state index contributed by atoms with van der Waals surface area (Å²) < 4.78 is 1.62. The Kier molecular flexibility index (Phi) is 5.54. The molecule has 0 fully saturated rings. The summed E-state index contributed by atoms with van der Waals surface area (Å²) in [6, 6.07) is 1.94. The van der Waals surface area contributed by atoms with Crippen molar-refractivity contribution in [3.63, 3.8) is 0 Å². The molecule has 4 heteroatoms. The largest absolute Gasteiger partial charge is 0.313 e. The molecule has 1 N–H and O–H groups in total. The van der Waals surface area contributed by atoms with Crippen LogP contribution in [0.1, 0.15) is 51.8 Å². The fourth-order valence-electron chi connectivity index (χ4n) is 1.76. The van der Waals surface area contributed by atoms with Crippen molar-refractivity contribution in [1.29, 1.82) is 0 Å². The van der Waals surface area contributed by atoms with Gasteiger partial charge in [0.05, 0.1) is 5.69 Å². The maximum atomic E-state index is 12.2. The van der Waals surface area contributed by atoms with Crippen LogP contribution in [-0.2, 0) is 13.1 Å². The highest BCUT2D eigenvalue weighted by molar-refractivity contribution is 5.16. The standard InChI is InChI=1S/C14H25N3O/c1-6-15-8-12-7-13(11(4)5)16-17(14(12)18)9-10(2)3/h7,10-11,15H,6,8-9H2,1-5H3. The summed E-state index contributed by atoms with van der Waals surface area (Å²) in [7, 11) is 0. The van der Waals surface area contributed by atoms with E-state index in [-0.39, 0.29) is 5.56 Å². The third-order valence-electron chi connectivity index (χ3n) is 2.76. The number of hydrogen-bond donors (Lipinski definition) is 1. The predicted molar refractivity (Wildman–Crippen MR) is 74.8 cm³/mol. The lowest BCUT2D eigenvalue weighted by Gasteiger charge is -2.14. The zero-order chi connectivity index (χ0) is 13.7. The number of aromatic nitrogens is 2. The van der Waals surface area contributed by atoms with E-state index in [1.807, 2.05) is 13.0 Å². The van der Waals surface area contributed by atoms with Crippen molar-refractivity contribution in [1.82, 2.24) is 15.1 Å². The summed E-state index contributed by atoms with van der Waals surface area (Å²) in [5.41, 5.74) is 1.84. The molecule has 0 atom stereocenters. The Morgan fingerprint density at radius 3 is 2.50 bits per heavy atom. The average Bonchev–Trinajstić information content (AvgIpc) is 2.29. The maximum Gasteiger partial charge on any atom is 0.271 e. The zero-order valence-corrected chi connectivity index (χ0v) is 12.2. The second-order valence-electron chi connectivity index (χ2n) is 5.41. The third-order valence-corrected chi connectivity index (χ3v) is 2.76. The van der Waals surface area contributed by atoms with Gasteiger partial charge in [0, 0.05) is 18.7 Å². The summed E-state index contributed by atoms with van der Waals surface area (Å²) in [5.74, 6) is 0.758. The summed E-state index contributed by atoms with van der Waals surface area (Å²) >= 11 is 0. The molecule has 0 amide bonds. The smallest absolute Gasteiger partial charge is 0.271 e. The first-order valence-corrected chi connectivity index (χ1v) is 6.77. The molecular formula is C14H25N3O. The van der Waals surface area contributed by atoms with Gasteiger partial charge in [0.25, 0.3) is 5.56 Å². The van der Waals surface area contributed by atoms with Crippen molar-refractivity contribution in [2.24, 2.45) is 5.92 Å². The summed E-state index contributed by atoms with van der Waals surface area (Å²) in [6.45, 7) is 12.6. The van der Waals surface area contributed by atoms with Crippen LogP contribution >= 0.6 is 0 Å². The molecule has 0 spiro atoms. The molecular weight excluding hydrogens is 226 g/mol. The lowest BCUT2D eigenvalue weighted by Crippen LogP contribution is -2.31. The van der Waals surface area contributed by atoms with Crippen LogP contribution in [0.15, 0.2) is 10.9 Å². The van der Waals surface area contributed by atoms with Crippen molar-refractivity contribution in [3.8, 4) is 0 Å². The van der Waals surface area contributed by atoms with Crippen LogP contribution in [0.25, 0.3) is 0 Å². The van der Waals surface area contributed by atoms with Crippen molar-refractivity contribution < 1.29 is 0 Å². The fraction of sp³-hybridized carbons (Fsp3) is 0.714. The Labute approximate surface area is 109 Å². The van der Waals surface area contributed by atoms with Gasteiger partial charge in [-0.3, -0.25) is 4.79 Å². The predicted octanol–water partition coefficient (Wildman–Crippen LogP) is 2.13. The normalized spacial score (nSPS) is 11.5. The van der Waals surface area contributed by atoms with E-state index in [1.165, 1.54) is 0 Å². The van der Waals surface area contributed by atoms with Crippen LogP contribution in [0.5, 0.6) is 0 Å². The van der Waals surface area contributed by atoms with Gasteiger partial charge in [0.1, 0.15) is 0 Å². The van der Waals surface area contributed by atoms with Gasteiger partial charge in [-0.15, -0.1) is 0 Å². The Morgan fingerprint density at radius 1 is 1.33 bits per heavy atom. The van der Waals surface area contributed by atoms with Gasteiger partial charge in [-0.1, -0.05) is 34.6 Å². The second-order valence-corrected chi connectivity index (χ2v) is 5.41. The molecule has 18 heavy (non-hydrogen) atoms. The lowest BCUT2D eigenvalue weighted by molar-refractivity contribution is 0.450. The van der Waals surface area contributed by atoms with E-state index in [1.54, 1.807) is 4.68 Å². The first kappa shape index (κ1) is 14.9. The van der Waals surface area contributed by atoms with Crippen LogP contribution in [0.3, 0.4) is 0 Å². The van der Waals surface area contributed by atoms with Crippen LogP contribution in [0, 0.1) is 5.92 Å². The van der Waals surface area contributed by atoms with Gasteiger partial charge < -0.3 is 5.32 Å². The average molecular weight is 251 g/mol. The topological polar surface area (TPSA) is 46.9 Å². The van der Waals surface area contributed by atoms with Crippen LogP contribution in [0.2, 0.25) is 0 Å². The Hall–Kier alpha value is -1.16. The third kappa shape index (κ3) is 3.95. The molecule has 0 saturated heterocycles. The zero-order valence-electron chi connectivity index (χ0n) is 12.2. The van der Waals surface area contributed by atoms with Gasteiger partial charge >= 0.3 is 0 Å². The number of hydrogen-bond acceptors (Lipinski definition) is 3. The van der Waals surface area contributed by atoms with Gasteiger partial charge in [-0.25, -0.2) is 4.68 Å². The molecule has 102 valence electrons. The summed E-state index contributed by atoms with van der Waals surface area (Å²) in [4.78, 5) is 12.2. The van der Waals surface area contributed by atoms with Crippen LogP contribution < -0.4 is 10.9 Å². The highest BCUT2D eigenvalue weighted by atomic mass is 16.1. The molecule has 1 heterocycles. The molecule has 0 saturated carbocycles. The number of rotatable bonds is 6. The Morgan fingerprint density at radius 2 is 2.00 bits per heavy atom. The maximum absolute atomic E-state index is 12.2. The van der Waals surface area contributed by atoms with Crippen molar-refractivity contribution in [2.75, 3.05) is 6.54 Å². The molecule has 1 aromatic heterocycles. The molecule has 0 unspecified atom stereocenters. The van der Waals surface area contributed by atoms with Gasteiger partial charge in [-0.2, -0.15) is 5.10 Å². The van der Waals surface area contributed by atoms with Gasteiger partial charge in [0.2, 0.25) is 0 Å². The van der Waals surface area contributed by atoms with Gasteiger partial charge in [0.15, 0.2) is 0 Å². The highest BCUT2D eigenvalue weighted by Gasteiger charge is 2.11. The molecule has 1 rings (SSSR count). The highest BCUT2D eigenvalue weighted by Crippen LogP contribution is 2.11. The monoisotopic (exact) mass is 251 g/mol. The van der Waals surface area contributed by atoms with E-state index in [4.69, 9.17) is 0 Å². The summed E-state index contributed by atoms with van der Waals surface area (Å²) in [6.07, 6.45) is 0. The molecule has 0 aliphatic heterocycles. The molecule has 0 radical (unpaired) electrons. The van der Waals surface area contributed by atoms with Gasteiger partial charge in [-0.05, 0) is 24.4 Å². The van der Waals surface area contributed by atoms with E-state index in [2.05, 4.69) is 38.1 Å². The minimum Gasteiger partial charge on any atom is -0.313 e. The first-order valence-electron chi connectivity index (χ1n) is 6.77. The Balaban J connectivity index is 3.15. The quantitative estimate of drug-likeness (QED) is 0.842. The van der Waals surface area contributed by atoms with E-state index >= 15 is 0 Å². The van der Waals surface area contributed by atoms with Crippen molar-refractivity contribution in [2.45, 2.75) is 53.6 Å². The second kappa shape index (κ2) is 6.69. The molecule has 0 aliphatic carbocycles. The SMILES string of the molecule is CCNCc1cc(C(C)C)nn(CC(C)C)c1=O. The fourth-order valence-corrected chi connectivity index (χ4v) is 1.76. The first-order chi connectivity index (χ1) is 8.45. The van der Waals surface area contributed by atoms with Crippen LogP contribution in [-0.4, -0.2) is 16.3 Å². The molecule has 4 nitrogen and oxygen atoms in total. The molecule has 0 bridgehead atoms. The molecule has 0 aliphatic rings. The minimum atomic E-state index is 0.0362. The van der Waals surface area contributed by atoms with Crippen LogP contribution in [0.4, 0.5) is 0 Å². The number of nitrogens with zero attached hydrogens (tertiary/aromatic N) is 2. The number of nitrogens with one attached hydrogen (secondary N) is 1. The van der Waals surface area contributed by atoms with E-state index in [0.29, 0.717) is 24.9 Å². The van der Waals surface area contributed by atoms with Crippen molar-refractivity contribution >= 4 is 0 Å². The molecule has 1 aromatic rings.